The number of carbonyl (C=O) groups is 1. The van der Waals surface area contributed by atoms with Crippen LogP contribution in [0.15, 0.2) is 29.2 Å². The van der Waals surface area contributed by atoms with Crippen molar-refractivity contribution in [3.63, 3.8) is 0 Å². The van der Waals surface area contributed by atoms with Crippen LogP contribution in [0.4, 0.5) is 0 Å². The monoisotopic (exact) mass is 299 g/mol. The van der Waals surface area contributed by atoms with E-state index in [0.717, 1.165) is 5.56 Å². The summed E-state index contributed by atoms with van der Waals surface area (Å²) in [7, 11) is -2.36. The Hall–Kier alpha value is -1.44. The largest absolute Gasteiger partial charge is 0.372 e. The van der Waals surface area contributed by atoms with Crippen LogP contribution in [-0.2, 0) is 23.8 Å². The number of hydrogen-bond donors (Lipinski definition) is 1. The van der Waals surface area contributed by atoms with E-state index in [2.05, 4.69) is 5.32 Å². The quantitative estimate of drug-likeness (QED) is 0.805. The number of ether oxygens (including phenoxy) is 1. The van der Waals surface area contributed by atoms with Crippen LogP contribution in [0.1, 0.15) is 12.0 Å². The molecule has 1 fully saturated rings. The number of aryl methyl sites for hydroxylation is 1. The van der Waals surface area contributed by atoms with Gasteiger partial charge in [-0.05, 0) is 19.1 Å². The molecule has 20 heavy (non-hydrogen) atoms. The van der Waals surface area contributed by atoms with Crippen LogP contribution in [0.3, 0.4) is 0 Å². The molecule has 6 nitrogen and oxygen atoms in total. The van der Waals surface area contributed by atoms with Crippen LogP contribution in [0, 0.1) is 6.92 Å². The molecule has 1 saturated heterocycles. The molecule has 2 rings (SSSR count). The maximum atomic E-state index is 12.0. The predicted octanol–water partition coefficient (Wildman–Crippen LogP) is 0.604. The van der Waals surface area contributed by atoms with Crippen molar-refractivity contribution in [3.05, 3.63) is 29.8 Å². The van der Waals surface area contributed by atoms with Crippen LogP contribution in [-0.4, -0.2) is 40.2 Å². The normalized spacial score (nSPS) is 22.8. The number of carbonyl (C=O) groups excluding carboxylic acids is 1. The molecule has 7 heteroatoms. The van der Waals surface area contributed by atoms with Gasteiger partial charge in [-0.3, -0.25) is 8.98 Å². The Morgan fingerprint density at radius 2 is 1.95 bits per heavy atom. The van der Waals surface area contributed by atoms with E-state index in [1.807, 2.05) is 6.92 Å². The molecule has 1 N–H and O–H groups in total. The van der Waals surface area contributed by atoms with Gasteiger partial charge in [0, 0.05) is 13.5 Å². The second kappa shape index (κ2) is 5.90. The number of amides is 1. The Morgan fingerprint density at radius 3 is 2.50 bits per heavy atom. The van der Waals surface area contributed by atoms with Crippen LogP contribution in [0.5, 0.6) is 0 Å². The molecule has 0 radical (unpaired) electrons. The minimum atomic E-state index is -3.80. The lowest BCUT2D eigenvalue weighted by Crippen LogP contribution is -2.31. The highest BCUT2D eigenvalue weighted by atomic mass is 32.2. The zero-order valence-electron chi connectivity index (χ0n) is 11.3. The molecule has 1 aromatic carbocycles. The first kappa shape index (κ1) is 15.0. The highest BCUT2D eigenvalue weighted by molar-refractivity contribution is 7.86. The highest BCUT2D eigenvalue weighted by Gasteiger charge is 2.33. The molecule has 1 aromatic rings. The zero-order chi connectivity index (χ0) is 14.8. The molecule has 0 bridgehead atoms. The molecule has 110 valence electrons. The lowest BCUT2D eigenvalue weighted by molar-refractivity contribution is -0.127. The molecule has 2 atom stereocenters. The first-order valence-electron chi connectivity index (χ1n) is 6.21. The summed E-state index contributed by atoms with van der Waals surface area (Å²) >= 11 is 0. The fraction of sp³-hybridized carbons (Fsp3) is 0.462. The lowest BCUT2D eigenvalue weighted by atomic mass is 10.2. The molecule has 0 saturated carbocycles. The van der Waals surface area contributed by atoms with Crippen LogP contribution in [0.25, 0.3) is 0 Å². The summed E-state index contributed by atoms with van der Waals surface area (Å²) in [6, 6.07) is 6.04. The van der Waals surface area contributed by atoms with Crippen LogP contribution >= 0.6 is 0 Å². The number of methoxy groups -OCH3 is 1. The standard InChI is InChI=1S/C13H17NO5S/c1-9-3-5-11(6-4-9)20(16,17)19-8-10-7-12(18-2)13(15)14-10/h3-6,10,12H,7-8H2,1-2H3,(H,14,15)/t10-,12+/m0/s1. The van der Waals surface area contributed by atoms with Gasteiger partial charge in [-0.15, -0.1) is 0 Å². The number of nitrogens with one attached hydrogen (secondary N) is 1. The van der Waals surface area contributed by atoms with Crippen LogP contribution in [0.2, 0.25) is 0 Å². The molecule has 0 aliphatic carbocycles. The summed E-state index contributed by atoms with van der Waals surface area (Å²) in [5.41, 5.74) is 0.968. The van der Waals surface area contributed by atoms with Gasteiger partial charge in [0.25, 0.3) is 10.1 Å². The fourth-order valence-corrected chi connectivity index (χ4v) is 2.93. The Labute approximate surface area is 118 Å². The van der Waals surface area contributed by atoms with Gasteiger partial charge in [0.2, 0.25) is 5.91 Å². The van der Waals surface area contributed by atoms with Crippen molar-refractivity contribution in [3.8, 4) is 0 Å². The summed E-state index contributed by atoms with van der Waals surface area (Å²) in [4.78, 5) is 11.5. The van der Waals surface area contributed by atoms with Crippen molar-refractivity contribution in [2.24, 2.45) is 0 Å². The average Bonchev–Trinajstić information content (AvgIpc) is 2.78. The fourth-order valence-electron chi connectivity index (χ4n) is 1.98. The van der Waals surface area contributed by atoms with Gasteiger partial charge in [-0.25, -0.2) is 0 Å². The van der Waals surface area contributed by atoms with Gasteiger partial charge >= 0.3 is 0 Å². The van der Waals surface area contributed by atoms with Gasteiger partial charge in [0.05, 0.1) is 17.5 Å². The third-order valence-electron chi connectivity index (χ3n) is 3.16. The molecular formula is C13H17NO5S. The molecular weight excluding hydrogens is 282 g/mol. The molecule has 1 heterocycles. The van der Waals surface area contributed by atoms with E-state index in [0.29, 0.717) is 6.42 Å². The molecule has 1 aliphatic rings. The van der Waals surface area contributed by atoms with Crippen molar-refractivity contribution >= 4 is 16.0 Å². The smallest absolute Gasteiger partial charge is 0.297 e. The topological polar surface area (TPSA) is 81.7 Å². The SMILES string of the molecule is CO[C@@H]1C[C@@H](COS(=O)(=O)c2ccc(C)cc2)NC1=O. The first-order chi connectivity index (χ1) is 9.42. The van der Waals surface area contributed by atoms with Crippen LogP contribution < -0.4 is 5.32 Å². The van der Waals surface area contributed by atoms with Gasteiger partial charge in [-0.1, -0.05) is 17.7 Å². The Bertz CT molecular complexity index is 581. The second-order valence-electron chi connectivity index (χ2n) is 4.72. The summed E-state index contributed by atoms with van der Waals surface area (Å²) in [5, 5.41) is 2.63. The second-order valence-corrected chi connectivity index (χ2v) is 6.33. The molecule has 0 unspecified atom stereocenters. The summed E-state index contributed by atoms with van der Waals surface area (Å²) < 4.78 is 33.9. The number of rotatable bonds is 5. The van der Waals surface area contributed by atoms with E-state index >= 15 is 0 Å². The minimum absolute atomic E-state index is 0.0954. The summed E-state index contributed by atoms with van der Waals surface area (Å²) in [6.45, 7) is 1.78. The Morgan fingerprint density at radius 1 is 1.30 bits per heavy atom. The van der Waals surface area contributed by atoms with Crippen molar-refractivity contribution in [2.45, 2.75) is 30.4 Å². The van der Waals surface area contributed by atoms with Gasteiger partial charge in [-0.2, -0.15) is 8.42 Å². The van der Waals surface area contributed by atoms with Gasteiger partial charge in [0.15, 0.2) is 0 Å². The van der Waals surface area contributed by atoms with E-state index < -0.39 is 16.2 Å². The maximum Gasteiger partial charge on any atom is 0.297 e. The molecule has 0 aromatic heterocycles. The average molecular weight is 299 g/mol. The van der Waals surface area contributed by atoms with Crippen molar-refractivity contribution in [1.82, 2.24) is 5.32 Å². The van der Waals surface area contributed by atoms with E-state index in [4.69, 9.17) is 8.92 Å². The Balaban J connectivity index is 1.97. The highest BCUT2D eigenvalue weighted by Crippen LogP contribution is 2.16. The molecule has 1 aliphatic heterocycles. The lowest BCUT2D eigenvalue weighted by Gasteiger charge is -2.11. The van der Waals surface area contributed by atoms with Crippen molar-refractivity contribution in [1.29, 1.82) is 0 Å². The third-order valence-corrected chi connectivity index (χ3v) is 4.45. The van der Waals surface area contributed by atoms with E-state index in [1.165, 1.54) is 19.2 Å². The zero-order valence-corrected chi connectivity index (χ0v) is 12.1. The minimum Gasteiger partial charge on any atom is -0.372 e. The summed E-state index contributed by atoms with van der Waals surface area (Å²) in [6.07, 6.45) is -0.135. The summed E-state index contributed by atoms with van der Waals surface area (Å²) in [5.74, 6) is -0.242. The third kappa shape index (κ3) is 3.36. The van der Waals surface area contributed by atoms with Crippen molar-refractivity contribution in [2.75, 3.05) is 13.7 Å². The number of benzene rings is 1. The van der Waals surface area contributed by atoms with Crippen molar-refractivity contribution < 1.29 is 22.1 Å². The maximum absolute atomic E-state index is 12.0. The number of hydrogen-bond acceptors (Lipinski definition) is 5. The first-order valence-corrected chi connectivity index (χ1v) is 7.62. The van der Waals surface area contributed by atoms with Gasteiger partial charge in [0.1, 0.15) is 6.10 Å². The molecule has 0 spiro atoms. The Kier molecular flexibility index (Phi) is 4.42. The molecule has 1 amide bonds. The van der Waals surface area contributed by atoms with E-state index in [1.54, 1.807) is 12.1 Å². The van der Waals surface area contributed by atoms with Gasteiger partial charge < -0.3 is 10.1 Å². The van der Waals surface area contributed by atoms with E-state index in [-0.39, 0.29) is 23.5 Å². The predicted molar refractivity (Wildman–Crippen MR) is 71.7 cm³/mol. The van der Waals surface area contributed by atoms with E-state index in [9.17, 15) is 13.2 Å².